The van der Waals surface area contributed by atoms with Gasteiger partial charge in [-0.15, -0.1) is 0 Å². The maximum Gasteiger partial charge on any atom is 0.133 e. The number of anilines is 1. The van der Waals surface area contributed by atoms with Crippen LogP contribution in [0.5, 0.6) is 0 Å². The van der Waals surface area contributed by atoms with E-state index in [1.165, 1.54) is 55.3 Å². The van der Waals surface area contributed by atoms with Crippen LogP contribution in [0.2, 0.25) is 0 Å². The van der Waals surface area contributed by atoms with Crippen LogP contribution in [-0.2, 0) is 19.4 Å². The molecule has 0 aliphatic heterocycles. The Bertz CT molecular complexity index is 511. The number of hydrogen-bond donors (Lipinski definition) is 1. The fourth-order valence-corrected chi connectivity index (χ4v) is 3.91. The molecule has 0 aromatic carbocycles. The molecule has 1 aromatic rings. The molecule has 3 nitrogen and oxygen atoms in total. The standard InChI is InChI=1S/C18H29N3/c1-18(2)9-7-15(8-10-18)21(3)17-14(12-19)11-13-5-4-6-16(13)20-17/h11,15H,4-10,12,19H2,1-3H3. The van der Waals surface area contributed by atoms with Crippen LogP contribution in [0.25, 0.3) is 0 Å². The zero-order valence-electron chi connectivity index (χ0n) is 13.8. The minimum atomic E-state index is 0.513. The predicted molar refractivity (Wildman–Crippen MR) is 88.6 cm³/mol. The molecule has 0 spiro atoms. The summed E-state index contributed by atoms with van der Waals surface area (Å²) in [5, 5.41) is 0. The van der Waals surface area contributed by atoms with E-state index in [0.29, 0.717) is 18.0 Å². The minimum absolute atomic E-state index is 0.513. The second kappa shape index (κ2) is 5.60. The van der Waals surface area contributed by atoms with Gasteiger partial charge in [-0.3, -0.25) is 0 Å². The lowest BCUT2D eigenvalue weighted by atomic mass is 9.75. The van der Waals surface area contributed by atoms with E-state index in [0.717, 1.165) is 12.2 Å². The Balaban J connectivity index is 1.83. The Morgan fingerprint density at radius 3 is 2.67 bits per heavy atom. The normalized spacial score (nSPS) is 21.3. The van der Waals surface area contributed by atoms with Gasteiger partial charge >= 0.3 is 0 Å². The van der Waals surface area contributed by atoms with Crippen LogP contribution in [0.4, 0.5) is 5.82 Å². The third kappa shape index (κ3) is 2.94. The molecule has 0 unspecified atom stereocenters. The van der Waals surface area contributed by atoms with Crippen molar-refractivity contribution >= 4 is 5.82 Å². The first kappa shape index (κ1) is 14.8. The van der Waals surface area contributed by atoms with Gasteiger partial charge < -0.3 is 10.6 Å². The first-order valence-electron chi connectivity index (χ1n) is 8.45. The maximum atomic E-state index is 5.99. The molecule has 21 heavy (non-hydrogen) atoms. The van der Waals surface area contributed by atoms with Gasteiger partial charge in [-0.25, -0.2) is 4.98 Å². The SMILES string of the molecule is CN(c1nc2c(cc1CN)CCC2)C1CCC(C)(C)CC1. The molecule has 1 saturated carbocycles. The summed E-state index contributed by atoms with van der Waals surface area (Å²) in [6.45, 7) is 5.38. The number of aryl methyl sites for hydroxylation is 2. The molecule has 1 heterocycles. The van der Waals surface area contributed by atoms with Gasteiger partial charge in [-0.2, -0.15) is 0 Å². The zero-order chi connectivity index (χ0) is 15.0. The lowest BCUT2D eigenvalue weighted by molar-refractivity contribution is 0.222. The summed E-state index contributed by atoms with van der Waals surface area (Å²) < 4.78 is 0. The van der Waals surface area contributed by atoms with Crippen molar-refractivity contribution < 1.29 is 0 Å². The molecule has 3 heteroatoms. The Morgan fingerprint density at radius 1 is 1.29 bits per heavy atom. The van der Waals surface area contributed by atoms with Crippen molar-refractivity contribution in [2.24, 2.45) is 11.1 Å². The third-order valence-electron chi connectivity index (χ3n) is 5.52. The van der Waals surface area contributed by atoms with E-state index in [2.05, 4.69) is 31.9 Å². The summed E-state index contributed by atoms with van der Waals surface area (Å²) in [5.74, 6) is 1.14. The van der Waals surface area contributed by atoms with Crippen LogP contribution in [0.3, 0.4) is 0 Å². The number of nitrogens with two attached hydrogens (primary N) is 1. The molecule has 2 aliphatic rings. The largest absolute Gasteiger partial charge is 0.356 e. The van der Waals surface area contributed by atoms with Gasteiger partial charge in [0.05, 0.1) is 0 Å². The van der Waals surface area contributed by atoms with Gasteiger partial charge in [-0.1, -0.05) is 13.8 Å². The van der Waals surface area contributed by atoms with E-state index in [9.17, 15) is 0 Å². The monoisotopic (exact) mass is 287 g/mol. The second-order valence-corrected chi connectivity index (χ2v) is 7.64. The fourth-order valence-electron chi connectivity index (χ4n) is 3.91. The quantitative estimate of drug-likeness (QED) is 0.926. The topological polar surface area (TPSA) is 42.2 Å². The summed E-state index contributed by atoms with van der Waals surface area (Å²) in [4.78, 5) is 7.39. The lowest BCUT2D eigenvalue weighted by Crippen LogP contribution is -2.38. The first-order chi connectivity index (χ1) is 10.00. The Morgan fingerprint density at radius 2 is 2.00 bits per heavy atom. The van der Waals surface area contributed by atoms with E-state index in [1.807, 2.05) is 0 Å². The summed E-state index contributed by atoms with van der Waals surface area (Å²) in [6.07, 6.45) is 8.72. The smallest absolute Gasteiger partial charge is 0.133 e. The summed E-state index contributed by atoms with van der Waals surface area (Å²) >= 11 is 0. The summed E-state index contributed by atoms with van der Waals surface area (Å²) in [5.41, 5.74) is 10.5. The molecule has 0 radical (unpaired) electrons. The van der Waals surface area contributed by atoms with E-state index in [4.69, 9.17) is 10.7 Å². The van der Waals surface area contributed by atoms with Crippen molar-refractivity contribution in [3.05, 3.63) is 22.9 Å². The highest BCUT2D eigenvalue weighted by atomic mass is 15.2. The summed E-state index contributed by atoms with van der Waals surface area (Å²) in [7, 11) is 2.21. The third-order valence-corrected chi connectivity index (χ3v) is 5.52. The summed E-state index contributed by atoms with van der Waals surface area (Å²) in [6, 6.07) is 2.93. The Hall–Kier alpha value is -1.09. The van der Waals surface area contributed by atoms with Gasteiger partial charge in [0.2, 0.25) is 0 Å². The Kier molecular flexibility index (Phi) is 3.96. The van der Waals surface area contributed by atoms with Crippen LogP contribution >= 0.6 is 0 Å². The fraction of sp³-hybridized carbons (Fsp3) is 0.722. The van der Waals surface area contributed by atoms with Crippen molar-refractivity contribution in [1.29, 1.82) is 0 Å². The van der Waals surface area contributed by atoms with Crippen molar-refractivity contribution in [1.82, 2.24) is 4.98 Å². The highest BCUT2D eigenvalue weighted by Crippen LogP contribution is 2.38. The van der Waals surface area contributed by atoms with Crippen LogP contribution in [0.1, 0.15) is 62.8 Å². The van der Waals surface area contributed by atoms with Gasteiger partial charge in [0.15, 0.2) is 0 Å². The van der Waals surface area contributed by atoms with Gasteiger partial charge in [-0.05, 0) is 62.0 Å². The molecule has 116 valence electrons. The molecule has 1 fully saturated rings. The average Bonchev–Trinajstić information content (AvgIpc) is 2.92. The number of aromatic nitrogens is 1. The molecule has 3 rings (SSSR count). The van der Waals surface area contributed by atoms with Crippen LogP contribution in [0, 0.1) is 5.41 Å². The highest BCUT2D eigenvalue weighted by molar-refractivity contribution is 5.51. The number of hydrogen-bond acceptors (Lipinski definition) is 3. The van der Waals surface area contributed by atoms with Gasteiger partial charge in [0.25, 0.3) is 0 Å². The molecular weight excluding hydrogens is 258 g/mol. The number of fused-ring (bicyclic) bond motifs is 1. The molecule has 2 aliphatic carbocycles. The Labute approximate surface area is 128 Å². The molecule has 0 atom stereocenters. The van der Waals surface area contributed by atoms with E-state index >= 15 is 0 Å². The highest BCUT2D eigenvalue weighted by Gasteiger charge is 2.30. The van der Waals surface area contributed by atoms with Gasteiger partial charge in [0.1, 0.15) is 5.82 Å². The molecule has 0 amide bonds. The van der Waals surface area contributed by atoms with E-state index in [-0.39, 0.29) is 0 Å². The molecule has 0 bridgehead atoms. The lowest BCUT2D eigenvalue weighted by Gasteiger charge is -2.39. The van der Waals surface area contributed by atoms with Crippen molar-refractivity contribution in [3.8, 4) is 0 Å². The van der Waals surface area contributed by atoms with Crippen LogP contribution < -0.4 is 10.6 Å². The minimum Gasteiger partial charge on any atom is -0.356 e. The van der Waals surface area contributed by atoms with Crippen LogP contribution in [0.15, 0.2) is 6.07 Å². The number of nitrogens with zero attached hydrogens (tertiary/aromatic N) is 2. The van der Waals surface area contributed by atoms with Gasteiger partial charge in [0, 0.05) is 30.9 Å². The second-order valence-electron chi connectivity index (χ2n) is 7.64. The number of pyridine rings is 1. The zero-order valence-corrected chi connectivity index (χ0v) is 13.8. The van der Waals surface area contributed by atoms with Crippen molar-refractivity contribution in [2.75, 3.05) is 11.9 Å². The average molecular weight is 287 g/mol. The molecular formula is C18H29N3. The molecule has 1 aromatic heterocycles. The molecule has 2 N–H and O–H groups in total. The predicted octanol–water partition coefficient (Wildman–Crippen LogP) is 3.43. The molecule has 0 saturated heterocycles. The van der Waals surface area contributed by atoms with Crippen molar-refractivity contribution in [3.63, 3.8) is 0 Å². The maximum absolute atomic E-state index is 5.99. The number of rotatable bonds is 3. The first-order valence-corrected chi connectivity index (χ1v) is 8.45. The van der Waals surface area contributed by atoms with Crippen LogP contribution in [-0.4, -0.2) is 18.1 Å². The van der Waals surface area contributed by atoms with E-state index < -0.39 is 0 Å². The van der Waals surface area contributed by atoms with Crippen molar-refractivity contribution in [2.45, 2.75) is 71.4 Å². The van der Waals surface area contributed by atoms with E-state index in [1.54, 1.807) is 0 Å².